The first-order chi connectivity index (χ1) is 9.08. The molecule has 1 aromatic rings. The first kappa shape index (κ1) is 14.6. The third kappa shape index (κ3) is 3.83. The minimum atomic E-state index is -0.273. The number of amides is 1. The van der Waals surface area contributed by atoms with Crippen LogP contribution in [0.25, 0.3) is 0 Å². The number of morpholine rings is 1. The molecule has 0 aromatic heterocycles. The van der Waals surface area contributed by atoms with Gasteiger partial charge in [0, 0.05) is 30.2 Å². The molecule has 6 heteroatoms. The van der Waals surface area contributed by atoms with Gasteiger partial charge in [-0.25, -0.2) is 0 Å². The summed E-state index contributed by atoms with van der Waals surface area (Å²) in [5.74, 6) is 0.00529. The Kier molecular flexibility index (Phi) is 5.05. The summed E-state index contributed by atoms with van der Waals surface area (Å²) in [6.07, 6.45) is 0. The fraction of sp³-hybridized carbons (Fsp3) is 0.462. The second-order valence-electron chi connectivity index (χ2n) is 4.51. The molecule has 1 aliphatic rings. The number of halogens is 2. The minimum Gasteiger partial charge on any atom is -0.378 e. The molecule has 1 fully saturated rings. The minimum absolute atomic E-state index is 0.00529. The van der Waals surface area contributed by atoms with Crippen molar-refractivity contribution in [3.63, 3.8) is 0 Å². The van der Waals surface area contributed by atoms with E-state index in [0.717, 1.165) is 5.56 Å². The lowest BCUT2D eigenvalue weighted by atomic mass is 10.2. The Balaban J connectivity index is 1.99. The fourth-order valence-electron chi connectivity index (χ4n) is 1.97. The number of hydrogen-bond donors (Lipinski definition) is 1. The summed E-state index contributed by atoms with van der Waals surface area (Å²) in [6, 6.07) is 5.01. The van der Waals surface area contributed by atoms with Crippen LogP contribution in [0, 0.1) is 0 Å². The first-order valence-electron chi connectivity index (χ1n) is 6.08. The van der Waals surface area contributed by atoms with Crippen molar-refractivity contribution >= 4 is 29.1 Å². The predicted molar refractivity (Wildman–Crippen MR) is 75.5 cm³/mol. The van der Waals surface area contributed by atoms with Gasteiger partial charge in [-0.3, -0.25) is 4.79 Å². The van der Waals surface area contributed by atoms with Crippen LogP contribution in [-0.4, -0.2) is 43.7 Å². The number of hydrogen-bond acceptors (Lipinski definition) is 3. The Bertz CT molecular complexity index is 462. The monoisotopic (exact) mass is 302 g/mol. The number of nitrogens with zero attached hydrogens (tertiary/aromatic N) is 1. The second kappa shape index (κ2) is 6.57. The summed E-state index contributed by atoms with van der Waals surface area (Å²) in [6.45, 7) is 2.22. The van der Waals surface area contributed by atoms with Gasteiger partial charge >= 0.3 is 0 Å². The molecule has 1 saturated heterocycles. The Morgan fingerprint density at radius 2 is 2.32 bits per heavy atom. The molecule has 1 aromatic carbocycles. The third-order valence-corrected chi connectivity index (χ3v) is 3.61. The molecule has 1 atom stereocenters. The van der Waals surface area contributed by atoms with Crippen LogP contribution in [0.5, 0.6) is 0 Å². The molecular formula is C13H16Cl2N2O2. The number of benzene rings is 1. The summed E-state index contributed by atoms with van der Waals surface area (Å²) >= 11 is 11.9. The largest absolute Gasteiger partial charge is 0.378 e. The topological polar surface area (TPSA) is 41.6 Å². The fourth-order valence-corrected chi connectivity index (χ4v) is 2.44. The molecule has 0 saturated carbocycles. The van der Waals surface area contributed by atoms with Crippen molar-refractivity contribution in [3.8, 4) is 0 Å². The van der Waals surface area contributed by atoms with E-state index in [0.29, 0.717) is 36.3 Å². The van der Waals surface area contributed by atoms with E-state index in [2.05, 4.69) is 5.32 Å². The summed E-state index contributed by atoms with van der Waals surface area (Å²) in [4.78, 5) is 13.8. The molecule has 0 radical (unpaired) electrons. The van der Waals surface area contributed by atoms with E-state index in [1.54, 1.807) is 24.1 Å². The SMILES string of the molecule is CN(Cc1ccc(Cl)cc1Cl)C(=O)C1COCCN1. The van der Waals surface area contributed by atoms with Crippen LogP contribution in [0.1, 0.15) is 5.56 Å². The summed E-state index contributed by atoms with van der Waals surface area (Å²) in [5, 5.41) is 4.30. The van der Waals surface area contributed by atoms with Crippen molar-refractivity contribution in [3.05, 3.63) is 33.8 Å². The molecule has 0 bridgehead atoms. The van der Waals surface area contributed by atoms with E-state index < -0.39 is 0 Å². The van der Waals surface area contributed by atoms with Gasteiger partial charge in [0.05, 0.1) is 13.2 Å². The number of ether oxygens (including phenoxy) is 1. The van der Waals surface area contributed by atoms with Gasteiger partial charge in [0.1, 0.15) is 6.04 Å². The molecule has 1 N–H and O–H groups in total. The van der Waals surface area contributed by atoms with Gasteiger partial charge in [-0.1, -0.05) is 29.3 Å². The number of nitrogens with one attached hydrogen (secondary N) is 1. The van der Waals surface area contributed by atoms with Crippen LogP contribution in [0.2, 0.25) is 10.0 Å². The van der Waals surface area contributed by atoms with Gasteiger partial charge < -0.3 is 15.0 Å². The lowest BCUT2D eigenvalue weighted by Crippen LogP contribution is -2.51. The normalized spacial score (nSPS) is 19.2. The highest BCUT2D eigenvalue weighted by Gasteiger charge is 2.24. The number of carbonyl (C=O) groups excluding carboxylic acids is 1. The Hall–Kier alpha value is -0.810. The van der Waals surface area contributed by atoms with Crippen LogP contribution in [-0.2, 0) is 16.1 Å². The van der Waals surface area contributed by atoms with E-state index in [1.807, 2.05) is 6.07 Å². The smallest absolute Gasteiger partial charge is 0.242 e. The first-order valence-corrected chi connectivity index (χ1v) is 6.83. The summed E-state index contributed by atoms with van der Waals surface area (Å²) in [5.41, 5.74) is 0.874. The van der Waals surface area contributed by atoms with Crippen LogP contribution in [0.4, 0.5) is 0 Å². The van der Waals surface area contributed by atoms with Crippen LogP contribution in [0.3, 0.4) is 0 Å². The molecule has 4 nitrogen and oxygen atoms in total. The van der Waals surface area contributed by atoms with Crippen molar-refractivity contribution in [1.29, 1.82) is 0 Å². The van der Waals surface area contributed by atoms with E-state index >= 15 is 0 Å². The average Bonchev–Trinajstić information content (AvgIpc) is 2.42. The molecular weight excluding hydrogens is 287 g/mol. The quantitative estimate of drug-likeness (QED) is 0.928. The third-order valence-electron chi connectivity index (χ3n) is 3.02. The highest BCUT2D eigenvalue weighted by molar-refractivity contribution is 6.35. The van der Waals surface area contributed by atoms with E-state index in [-0.39, 0.29) is 11.9 Å². The van der Waals surface area contributed by atoms with E-state index in [1.165, 1.54) is 0 Å². The zero-order chi connectivity index (χ0) is 13.8. The second-order valence-corrected chi connectivity index (χ2v) is 5.36. The molecule has 0 spiro atoms. The standard InChI is InChI=1S/C13H16Cl2N2O2/c1-17(13(18)12-8-19-5-4-16-12)7-9-2-3-10(14)6-11(9)15/h2-3,6,12,16H,4-5,7-8H2,1H3. The van der Waals surface area contributed by atoms with Gasteiger partial charge in [0.2, 0.25) is 5.91 Å². The van der Waals surface area contributed by atoms with Crippen LogP contribution < -0.4 is 5.32 Å². The Morgan fingerprint density at radius 3 is 2.95 bits per heavy atom. The summed E-state index contributed by atoms with van der Waals surface area (Å²) < 4.78 is 5.29. The van der Waals surface area contributed by atoms with Crippen molar-refractivity contribution in [2.24, 2.45) is 0 Å². The number of likely N-dealkylation sites (N-methyl/N-ethyl adjacent to an activating group) is 1. The van der Waals surface area contributed by atoms with Gasteiger partial charge in [0.25, 0.3) is 0 Å². The lowest BCUT2D eigenvalue weighted by Gasteiger charge is -2.27. The maximum Gasteiger partial charge on any atom is 0.242 e. The van der Waals surface area contributed by atoms with Crippen molar-refractivity contribution in [2.45, 2.75) is 12.6 Å². The van der Waals surface area contributed by atoms with Gasteiger partial charge in [0.15, 0.2) is 0 Å². The number of rotatable bonds is 3. The molecule has 1 amide bonds. The molecule has 19 heavy (non-hydrogen) atoms. The zero-order valence-electron chi connectivity index (χ0n) is 10.7. The van der Waals surface area contributed by atoms with Gasteiger partial charge in [-0.15, -0.1) is 0 Å². The van der Waals surface area contributed by atoms with Gasteiger partial charge in [-0.2, -0.15) is 0 Å². The van der Waals surface area contributed by atoms with Crippen molar-refractivity contribution in [1.82, 2.24) is 10.2 Å². The van der Waals surface area contributed by atoms with Crippen molar-refractivity contribution in [2.75, 3.05) is 26.8 Å². The molecule has 1 aliphatic heterocycles. The average molecular weight is 303 g/mol. The highest BCUT2D eigenvalue weighted by atomic mass is 35.5. The zero-order valence-corrected chi connectivity index (χ0v) is 12.2. The molecule has 1 unspecified atom stereocenters. The van der Waals surface area contributed by atoms with E-state index in [4.69, 9.17) is 27.9 Å². The predicted octanol–water partition coefficient (Wildman–Crippen LogP) is 1.94. The maximum atomic E-state index is 12.2. The molecule has 1 heterocycles. The maximum absolute atomic E-state index is 12.2. The Morgan fingerprint density at radius 1 is 1.53 bits per heavy atom. The highest BCUT2D eigenvalue weighted by Crippen LogP contribution is 2.22. The van der Waals surface area contributed by atoms with Gasteiger partial charge in [-0.05, 0) is 17.7 Å². The molecule has 104 valence electrons. The molecule has 0 aliphatic carbocycles. The van der Waals surface area contributed by atoms with Crippen molar-refractivity contribution < 1.29 is 9.53 Å². The Labute approximate surface area is 122 Å². The van der Waals surface area contributed by atoms with Crippen LogP contribution in [0.15, 0.2) is 18.2 Å². The number of carbonyl (C=O) groups is 1. The summed E-state index contributed by atoms with van der Waals surface area (Å²) in [7, 11) is 1.75. The van der Waals surface area contributed by atoms with E-state index in [9.17, 15) is 4.79 Å². The lowest BCUT2D eigenvalue weighted by molar-refractivity contribution is -0.135. The van der Waals surface area contributed by atoms with Crippen LogP contribution >= 0.6 is 23.2 Å². The molecule has 2 rings (SSSR count).